The van der Waals surface area contributed by atoms with Crippen molar-refractivity contribution in [3.63, 3.8) is 0 Å². The van der Waals surface area contributed by atoms with Crippen LogP contribution in [0, 0.1) is 0 Å². The van der Waals surface area contributed by atoms with Crippen molar-refractivity contribution in [2.75, 3.05) is 40.1 Å². The van der Waals surface area contributed by atoms with Crippen molar-refractivity contribution in [2.24, 2.45) is 0 Å². The Labute approximate surface area is 209 Å². The van der Waals surface area contributed by atoms with Gasteiger partial charge in [0.25, 0.3) is 0 Å². The number of hydrogen-bond donors (Lipinski definition) is 1. The van der Waals surface area contributed by atoms with Gasteiger partial charge in [0.2, 0.25) is 0 Å². The third-order valence-corrected chi connectivity index (χ3v) is 6.19. The molecule has 2 aromatic carbocycles. The molecule has 0 saturated carbocycles. The van der Waals surface area contributed by atoms with Crippen molar-refractivity contribution in [2.45, 2.75) is 77.6 Å². The second kappa shape index (κ2) is 16.2. The van der Waals surface area contributed by atoms with Gasteiger partial charge >= 0.3 is 5.96 Å². The van der Waals surface area contributed by atoms with Gasteiger partial charge in [-0.25, -0.2) is 5.32 Å². The van der Waals surface area contributed by atoms with Gasteiger partial charge in [0, 0.05) is 0 Å². The van der Waals surface area contributed by atoms with Crippen molar-refractivity contribution in [1.82, 2.24) is 4.90 Å². The minimum atomic E-state index is 0.813. The molecule has 188 valence electrons. The van der Waals surface area contributed by atoms with Gasteiger partial charge in [0.15, 0.2) is 0 Å². The van der Waals surface area contributed by atoms with Gasteiger partial charge < -0.3 is 4.74 Å². The average molecular weight is 467 g/mol. The summed E-state index contributed by atoms with van der Waals surface area (Å²) in [5.41, 5.74) is 3.49. The molecule has 0 radical (unpaired) electrons. The standard InChI is InChI=1S/C30H47N3O/c1-6-7-8-9-10-11-12-13-14-15-16-25-34-29-23-19-27(20-24-29)26-17-21-28(22-18-26)31-30(32(2)3)33(4)5/h17-24H,6-16,25H2,1-5H3/p+1. The predicted octanol–water partition coefficient (Wildman–Crippen LogP) is 7.65. The van der Waals surface area contributed by atoms with E-state index in [9.17, 15) is 0 Å². The maximum atomic E-state index is 5.97. The molecule has 1 N–H and O–H groups in total. The van der Waals surface area contributed by atoms with Crippen LogP contribution in [0.15, 0.2) is 48.5 Å². The van der Waals surface area contributed by atoms with E-state index in [-0.39, 0.29) is 0 Å². The molecule has 0 spiro atoms. The molecule has 2 aromatic rings. The Kier molecular flexibility index (Phi) is 13.2. The second-order valence-electron chi connectivity index (χ2n) is 9.72. The van der Waals surface area contributed by atoms with Crippen LogP contribution in [0.4, 0.5) is 5.69 Å². The quantitative estimate of drug-likeness (QED) is 0.126. The number of hydrogen-bond acceptors (Lipinski definition) is 1. The predicted molar refractivity (Wildman–Crippen MR) is 148 cm³/mol. The first-order chi connectivity index (χ1) is 16.5. The molecule has 0 bridgehead atoms. The third kappa shape index (κ3) is 10.6. The maximum Gasteiger partial charge on any atom is 0.352 e. The molecule has 0 amide bonds. The molecule has 34 heavy (non-hydrogen) atoms. The van der Waals surface area contributed by atoms with Gasteiger partial charge in [-0.3, -0.25) is 9.48 Å². The fourth-order valence-corrected chi connectivity index (χ4v) is 4.20. The van der Waals surface area contributed by atoms with Gasteiger partial charge in [0.1, 0.15) is 5.75 Å². The van der Waals surface area contributed by atoms with E-state index in [1.807, 2.05) is 28.2 Å². The highest BCUT2D eigenvalue weighted by Gasteiger charge is 2.12. The molecule has 0 atom stereocenters. The van der Waals surface area contributed by atoms with Gasteiger partial charge in [-0.2, -0.15) is 0 Å². The lowest BCUT2D eigenvalue weighted by Crippen LogP contribution is -2.36. The summed E-state index contributed by atoms with van der Waals surface area (Å²) < 4.78 is 8.04. The normalized spacial score (nSPS) is 10.7. The van der Waals surface area contributed by atoms with Gasteiger partial charge in [-0.1, -0.05) is 95.4 Å². The second-order valence-corrected chi connectivity index (χ2v) is 9.72. The molecule has 0 aliphatic rings. The highest BCUT2D eigenvalue weighted by molar-refractivity contribution is 5.89. The molecular weight excluding hydrogens is 418 g/mol. The maximum absolute atomic E-state index is 5.97. The molecule has 2 rings (SSSR count). The molecule has 0 aliphatic carbocycles. The number of rotatable bonds is 15. The molecule has 4 nitrogen and oxygen atoms in total. The van der Waals surface area contributed by atoms with E-state index < -0.39 is 0 Å². The molecule has 0 heterocycles. The number of guanidine groups is 1. The molecule has 0 aliphatic heterocycles. The monoisotopic (exact) mass is 466 g/mol. The summed E-state index contributed by atoms with van der Waals surface area (Å²) in [5.74, 6) is 2.01. The van der Waals surface area contributed by atoms with Crippen LogP contribution in [0.5, 0.6) is 5.75 Å². The smallest absolute Gasteiger partial charge is 0.352 e. The molecule has 4 heteroatoms. The summed E-state index contributed by atoms with van der Waals surface area (Å²) in [4.78, 5) is 2.07. The molecular formula is C30H48N3O+. The number of anilines is 1. The first-order valence-corrected chi connectivity index (χ1v) is 13.3. The molecule has 0 saturated heterocycles. The van der Waals surface area contributed by atoms with Crippen LogP contribution in [0.1, 0.15) is 77.6 Å². The molecule has 0 unspecified atom stereocenters. The van der Waals surface area contributed by atoms with Crippen LogP contribution < -0.4 is 10.1 Å². The molecule has 0 aromatic heterocycles. The van der Waals surface area contributed by atoms with E-state index in [1.54, 1.807) is 0 Å². The van der Waals surface area contributed by atoms with Gasteiger partial charge in [-0.15, -0.1) is 0 Å². The first-order valence-electron chi connectivity index (χ1n) is 13.3. The minimum Gasteiger partial charge on any atom is -0.494 e. The Morgan fingerprint density at radius 3 is 1.65 bits per heavy atom. The fourth-order valence-electron chi connectivity index (χ4n) is 4.20. The van der Waals surface area contributed by atoms with E-state index in [0.29, 0.717) is 0 Å². The van der Waals surface area contributed by atoms with Crippen LogP contribution >= 0.6 is 0 Å². The van der Waals surface area contributed by atoms with E-state index in [1.165, 1.54) is 75.3 Å². The minimum absolute atomic E-state index is 0.813. The summed E-state index contributed by atoms with van der Waals surface area (Å²) in [6.07, 6.45) is 15.0. The molecule has 0 fully saturated rings. The van der Waals surface area contributed by atoms with E-state index in [2.05, 4.69) is 70.2 Å². The lowest BCUT2D eigenvalue weighted by Gasteiger charge is -2.13. The average Bonchev–Trinajstić information content (AvgIpc) is 2.83. The topological polar surface area (TPSA) is 27.5 Å². The van der Waals surface area contributed by atoms with Crippen molar-refractivity contribution in [3.8, 4) is 16.9 Å². The summed E-state index contributed by atoms with van der Waals surface area (Å²) in [5, 5.41) is 3.47. The summed E-state index contributed by atoms with van der Waals surface area (Å²) in [7, 11) is 8.16. The van der Waals surface area contributed by atoms with Crippen LogP contribution in [0.2, 0.25) is 0 Å². The van der Waals surface area contributed by atoms with Crippen LogP contribution in [-0.2, 0) is 0 Å². The number of nitrogens with zero attached hydrogens (tertiary/aromatic N) is 2. The Morgan fingerprint density at radius 2 is 1.18 bits per heavy atom. The van der Waals surface area contributed by atoms with Crippen molar-refractivity contribution < 1.29 is 9.31 Å². The number of benzene rings is 2. The Bertz CT molecular complexity index is 821. The zero-order valence-corrected chi connectivity index (χ0v) is 22.4. The fraction of sp³-hybridized carbons (Fsp3) is 0.567. The zero-order chi connectivity index (χ0) is 24.6. The summed E-state index contributed by atoms with van der Waals surface area (Å²) in [6.45, 7) is 3.09. The van der Waals surface area contributed by atoms with Crippen molar-refractivity contribution in [3.05, 3.63) is 48.5 Å². The van der Waals surface area contributed by atoms with Crippen LogP contribution in [0.3, 0.4) is 0 Å². The highest BCUT2D eigenvalue weighted by Crippen LogP contribution is 2.24. The van der Waals surface area contributed by atoms with Crippen LogP contribution in [-0.4, -0.2) is 50.2 Å². The van der Waals surface area contributed by atoms with Gasteiger partial charge in [-0.05, 0) is 41.8 Å². The lowest BCUT2D eigenvalue weighted by atomic mass is 10.1. The first kappa shape index (κ1) is 27.8. The van der Waals surface area contributed by atoms with E-state index in [0.717, 1.165) is 30.4 Å². The Hall–Kier alpha value is -2.49. The third-order valence-electron chi connectivity index (χ3n) is 6.19. The summed E-state index contributed by atoms with van der Waals surface area (Å²) in [6, 6.07) is 17.0. The lowest BCUT2D eigenvalue weighted by molar-refractivity contribution is -0.469. The largest absolute Gasteiger partial charge is 0.494 e. The highest BCUT2D eigenvalue weighted by atomic mass is 16.5. The number of unbranched alkanes of at least 4 members (excludes halogenated alkanes) is 10. The SMILES string of the molecule is CCCCCCCCCCCCCOc1ccc(-c2ccc(NC(N(C)C)=[N+](C)C)cc2)cc1. The Morgan fingerprint density at radius 1 is 0.706 bits per heavy atom. The van der Waals surface area contributed by atoms with E-state index in [4.69, 9.17) is 4.74 Å². The summed E-state index contributed by atoms with van der Waals surface area (Å²) >= 11 is 0. The van der Waals surface area contributed by atoms with Crippen LogP contribution in [0.25, 0.3) is 11.1 Å². The Balaban J connectivity index is 1.65. The van der Waals surface area contributed by atoms with Crippen molar-refractivity contribution in [1.29, 1.82) is 0 Å². The van der Waals surface area contributed by atoms with E-state index >= 15 is 0 Å². The number of nitrogens with one attached hydrogen (secondary N) is 1. The number of ether oxygens (including phenoxy) is 1. The van der Waals surface area contributed by atoms with Gasteiger partial charge in [0.05, 0.1) is 40.5 Å². The van der Waals surface area contributed by atoms with Crippen molar-refractivity contribution >= 4 is 11.6 Å². The zero-order valence-electron chi connectivity index (χ0n) is 22.4.